The normalized spacial score (nSPS) is 16.3. The van der Waals surface area contributed by atoms with Crippen molar-refractivity contribution in [2.24, 2.45) is 5.92 Å². The standard InChI is InChI=1S/C26H31FN2O3/c1-5-14-28-25(30)23(6-2)32-21-12-9-18-13-15-29(26(31)17(3)4)24(22(18)16-21)19-7-10-20(27)11-8-19/h5,7-12,16-17,23-24H,1,6,13-15H2,2-4H3,(H,28,30). The Morgan fingerprint density at radius 3 is 2.59 bits per heavy atom. The molecular weight excluding hydrogens is 407 g/mol. The maximum atomic E-state index is 13.6. The maximum Gasteiger partial charge on any atom is 0.261 e. The first kappa shape index (κ1) is 23.5. The van der Waals surface area contributed by atoms with Gasteiger partial charge in [-0.3, -0.25) is 9.59 Å². The fourth-order valence-electron chi connectivity index (χ4n) is 4.01. The van der Waals surface area contributed by atoms with Crippen molar-refractivity contribution < 1.29 is 18.7 Å². The number of amides is 2. The molecule has 1 aliphatic rings. The van der Waals surface area contributed by atoms with Crippen molar-refractivity contribution >= 4 is 11.8 Å². The number of ether oxygens (including phenoxy) is 1. The zero-order chi connectivity index (χ0) is 23.3. The van der Waals surface area contributed by atoms with Gasteiger partial charge >= 0.3 is 0 Å². The summed E-state index contributed by atoms with van der Waals surface area (Å²) in [7, 11) is 0. The number of benzene rings is 2. The largest absolute Gasteiger partial charge is 0.481 e. The predicted molar refractivity (Wildman–Crippen MR) is 123 cm³/mol. The highest BCUT2D eigenvalue weighted by Crippen LogP contribution is 2.38. The van der Waals surface area contributed by atoms with Crippen LogP contribution in [0.2, 0.25) is 0 Å². The Morgan fingerprint density at radius 1 is 1.25 bits per heavy atom. The average molecular weight is 439 g/mol. The van der Waals surface area contributed by atoms with Crippen LogP contribution in [-0.2, 0) is 16.0 Å². The van der Waals surface area contributed by atoms with E-state index in [1.54, 1.807) is 18.2 Å². The molecule has 0 aliphatic carbocycles. The lowest BCUT2D eigenvalue weighted by Crippen LogP contribution is -2.42. The van der Waals surface area contributed by atoms with E-state index >= 15 is 0 Å². The summed E-state index contributed by atoms with van der Waals surface area (Å²) in [5.74, 6) is -0.0597. The van der Waals surface area contributed by atoms with Crippen molar-refractivity contribution in [1.29, 1.82) is 0 Å². The van der Waals surface area contributed by atoms with Crippen LogP contribution >= 0.6 is 0 Å². The molecule has 1 heterocycles. The second-order valence-corrected chi connectivity index (χ2v) is 8.30. The molecule has 2 aromatic rings. The molecule has 2 atom stereocenters. The summed E-state index contributed by atoms with van der Waals surface area (Å²) in [6, 6.07) is 11.7. The number of halogens is 1. The second-order valence-electron chi connectivity index (χ2n) is 8.30. The van der Waals surface area contributed by atoms with E-state index in [0.717, 1.165) is 23.1 Å². The van der Waals surface area contributed by atoms with E-state index in [9.17, 15) is 14.0 Å². The van der Waals surface area contributed by atoms with Gasteiger partial charge in [0.25, 0.3) is 5.91 Å². The Bertz CT molecular complexity index is 972. The number of carbonyl (C=O) groups is 2. The van der Waals surface area contributed by atoms with E-state index in [0.29, 0.717) is 25.3 Å². The lowest BCUT2D eigenvalue weighted by Gasteiger charge is -2.39. The van der Waals surface area contributed by atoms with E-state index in [-0.39, 0.29) is 29.6 Å². The van der Waals surface area contributed by atoms with Crippen LogP contribution in [0.5, 0.6) is 5.75 Å². The summed E-state index contributed by atoms with van der Waals surface area (Å²) in [5, 5.41) is 2.77. The highest BCUT2D eigenvalue weighted by Gasteiger charge is 2.33. The van der Waals surface area contributed by atoms with Gasteiger partial charge < -0.3 is 15.0 Å². The summed E-state index contributed by atoms with van der Waals surface area (Å²) < 4.78 is 19.6. The smallest absolute Gasteiger partial charge is 0.261 e. The first-order valence-electron chi connectivity index (χ1n) is 11.1. The molecule has 5 nitrogen and oxygen atoms in total. The van der Waals surface area contributed by atoms with Gasteiger partial charge in [0, 0.05) is 19.0 Å². The summed E-state index contributed by atoms with van der Waals surface area (Å²) in [5.41, 5.74) is 2.90. The van der Waals surface area contributed by atoms with Gasteiger partial charge in [-0.15, -0.1) is 6.58 Å². The highest BCUT2D eigenvalue weighted by atomic mass is 19.1. The third-order valence-corrected chi connectivity index (χ3v) is 5.67. The van der Waals surface area contributed by atoms with Gasteiger partial charge in [0.2, 0.25) is 5.91 Å². The number of hydrogen-bond acceptors (Lipinski definition) is 3. The van der Waals surface area contributed by atoms with Gasteiger partial charge in [-0.25, -0.2) is 4.39 Å². The SMILES string of the molecule is C=CCNC(=O)C(CC)Oc1ccc2c(c1)C(c1ccc(F)cc1)N(C(=O)C(C)C)CC2. The van der Waals surface area contributed by atoms with Gasteiger partial charge in [0.1, 0.15) is 11.6 Å². The fraction of sp³-hybridized carbons (Fsp3) is 0.385. The fourth-order valence-corrected chi connectivity index (χ4v) is 4.01. The monoisotopic (exact) mass is 438 g/mol. The lowest BCUT2D eigenvalue weighted by atomic mass is 9.87. The van der Waals surface area contributed by atoms with Gasteiger partial charge in [0.05, 0.1) is 6.04 Å². The number of fused-ring (bicyclic) bond motifs is 1. The van der Waals surface area contributed by atoms with Gasteiger partial charge in [-0.2, -0.15) is 0 Å². The topological polar surface area (TPSA) is 58.6 Å². The van der Waals surface area contributed by atoms with E-state index < -0.39 is 6.10 Å². The lowest BCUT2D eigenvalue weighted by molar-refractivity contribution is -0.136. The molecule has 0 saturated carbocycles. The molecule has 0 saturated heterocycles. The van der Waals surface area contributed by atoms with Crippen molar-refractivity contribution in [2.45, 2.75) is 45.8 Å². The zero-order valence-electron chi connectivity index (χ0n) is 18.9. The molecule has 1 aliphatic heterocycles. The summed E-state index contributed by atoms with van der Waals surface area (Å²) in [6.45, 7) is 10.2. The number of nitrogens with zero attached hydrogens (tertiary/aromatic N) is 1. The second kappa shape index (κ2) is 10.4. The quantitative estimate of drug-likeness (QED) is 0.621. The van der Waals surface area contributed by atoms with Gasteiger partial charge in [-0.1, -0.05) is 45.0 Å². The Labute approximate surface area is 189 Å². The van der Waals surface area contributed by atoms with Crippen LogP contribution in [0.1, 0.15) is 49.9 Å². The molecule has 32 heavy (non-hydrogen) atoms. The molecule has 2 aromatic carbocycles. The van der Waals surface area contributed by atoms with Crippen LogP contribution in [0.4, 0.5) is 4.39 Å². The predicted octanol–water partition coefficient (Wildman–Crippen LogP) is 4.42. The van der Waals surface area contributed by atoms with E-state index in [2.05, 4.69) is 11.9 Å². The first-order valence-corrected chi connectivity index (χ1v) is 11.1. The minimum Gasteiger partial charge on any atom is -0.481 e. The van der Waals surface area contributed by atoms with E-state index in [1.807, 2.05) is 43.9 Å². The molecule has 0 aromatic heterocycles. The van der Waals surface area contributed by atoms with Crippen LogP contribution in [0.15, 0.2) is 55.1 Å². The van der Waals surface area contributed by atoms with Crippen molar-refractivity contribution in [1.82, 2.24) is 10.2 Å². The number of hydrogen-bond donors (Lipinski definition) is 1. The third-order valence-electron chi connectivity index (χ3n) is 5.67. The minimum absolute atomic E-state index is 0.0477. The van der Waals surface area contributed by atoms with Crippen LogP contribution in [-0.4, -0.2) is 35.9 Å². The zero-order valence-corrected chi connectivity index (χ0v) is 18.9. The third kappa shape index (κ3) is 5.18. The van der Waals surface area contributed by atoms with Crippen molar-refractivity contribution in [3.63, 3.8) is 0 Å². The van der Waals surface area contributed by atoms with E-state index in [4.69, 9.17) is 4.74 Å². The Hall–Kier alpha value is -3.15. The van der Waals surface area contributed by atoms with Crippen molar-refractivity contribution in [3.05, 3.63) is 77.6 Å². The molecule has 6 heteroatoms. The highest BCUT2D eigenvalue weighted by molar-refractivity contribution is 5.81. The molecule has 3 rings (SSSR count). The molecule has 0 fully saturated rings. The molecule has 0 bridgehead atoms. The number of rotatable bonds is 8. The molecule has 1 N–H and O–H groups in total. The number of carbonyl (C=O) groups excluding carboxylic acids is 2. The summed E-state index contributed by atoms with van der Waals surface area (Å²) >= 11 is 0. The Kier molecular flexibility index (Phi) is 7.67. The molecular formula is C26H31FN2O3. The van der Waals surface area contributed by atoms with Crippen molar-refractivity contribution in [2.75, 3.05) is 13.1 Å². The molecule has 2 amide bonds. The summed E-state index contributed by atoms with van der Waals surface area (Å²) in [6.07, 6.45) is 2.23. The molecule has 2 unspecified atom stereocenters. The van der Waals surface area contributed by atoms with E-state index in [1.165, 1.54) is 12.1 Å². The Morgan fingerprint density at radius 2 is 1.97 bits per heavy atom. The maximum absolute atomic E-state index is 13.6. The van der Waals surface area contributed by atoms with Crippen LogP contribution in [0.3, 0.4) is 0 Å². The minimum atomic E-state index is -0.630. The van der Waals surface area contributed by atoms with Crippen LogP contribution in [0, 0.1) is 11.7 Å². The van der Waals surface area contributed by atoms with Crippen molar-refractivity contribution in [3.8, 4) is 5.75 Å². The number of nitrogens with one attached hydrogen (secondary N) is 1. The van der Waals surface area contributed by atoms with Gasteiger partial charge in [0.15, 0.2) is 6.10 Å². The summed E-state index contributed by atoms with van der Waals surface area (Å²) in [4.78, 5) is 27.3. The Balaban J connectivity index is 1.98. The van der Waals surface area contributed by atoms with Crippen LogP contribution < -0.4 is 10.1 Å². The van der Waals surface area contributed by atoms with Crippen LogP contribution in [0.25, 0.3) is 0 Å². The molecule has 0 radical (unpaired) electrons. The first-order chi connectivity index (χ1) is 15.3. The molecule has 0 spiro atoms. The average Bonchev–Trinajstić information content (AvgIpc) is 2.80. The van der Waals surface area contributed by atoms with Gasteiger partial charge in [-0.05, 0) is 53.8 Å². The molecule has 170 valence electrons.